The van der Waals surface area contributed by atoms with Crippen LogP contribution < -0.4 is 0 Å². The summed E-state index contributed by atoms with van der Waals surface area (Å²) in [5.74, 6) is 0. The minimum absolute atomic E-state index is 0.00311. The zero-order valence-electron chi connectivity index (χ0n) is 8.45. The maximum Gasteiger partial charge on any atom is -0.0564 e. The molecule has 1 aliphatic rings. The Morgan fingerprint density at radius 2 is 2.23 bits per heavy atom. The van der Waals surface area contributed by atoms with Gasteiger partial charge in [-0.1, -0.05) is 13.8 Å². The van der Waals surface area contributed by atoms with E-state index in [0.717, 1.165) is 19.4 Å². The molecule has 0 aromatic heterocycles. The van der Waals surface area contributed by atoms with Gasteiger partial charge in [0.05, 0.1) is 0 Å². The quantitative estimate of drug-likeness (QED) is 0.685. The summed E-state index contributed by atoms with van der Waals surface area (Å²) in [5.41, 5.74) is 0. The number of rotatable bonds is 3. The maximum absolute atomic E-state index is 11.4. The van der Waals surface area contributed by atoms with Gasteiger partial charge < -0.3 is 0 Å². The van der Waals surface area contributed by atoms with Crippen LogP contribution in [0.15, 0.2) is 0 Å². The van der Waals surface area contributed by atoms with Crippen molar-refractivity contribution in [2.24, 2.45) is 0 Å². The van der Waals surface area contributed by atoms with Gasteiger partial charge in [-0.2, -0.15) is 0 Å². The van der Waals surface area contributed by atoms with Crippen LogP contribution in [0.5, 0.6) is 0 Å². The van der Waals surface area contributed by atoms with Crippen LogP contribution in [0.4, 0.5) is 0 Å². The fourth-order valence-corrected chi connectivity index (χ4v) is 5.90. The number of hydrogen-bond acceptors (Lipinski definition) is 2. The fraction of sp³-hybridized carbons (Fsp3) is 0.778. The average molecular weight is 382 g/mol. The zero-order valence-corrected chi connectivity index (χ0v) is 12.1. The van der Waals surface area contributed by atoms with Crippen LogP contribution in [0.2, 0.25) is 6.55 Å². The van der Waals surface area contributed by atoms with E-state index < -0.39 is 0 Å². The molecule has 4 heteroatoms. The first-order valence-corrected chi connectivity index (χ1v) is 12.5. The largest absolute Gasteiger partial charge is 0.0654 e. The predicted molar refractivity (Wildman–Crippen MR) is 54.0 cm³/mol. The molecule has 1 rings (SSSR count). The van der Waals surface area contributed by atoms with Gasteiger partial charge in [0.2, 0.25) is 0 Å². The summed E-state index contributed by atoms with van der Waals surface area (Å²) in [7, 11) is 0.00311. The van der Waals surface area contributed by atoms with Crippen LogP contribution in [0, 0.1) is 6.92 Å². The fourth-order valence-electron chi connectivity index (χ4n) is 1.09. The van der Waals surface area contributed by atoms with Gasteiger partial charge in [0.25, 0.3) is 0 Å². The van der Waals surface area contributed by atoms with Gasteiger partial charge in [-0.25, -0.2) is 0 Å². The molecule has 0 aliphatic carbocycles. The molecule has 0 N–H and O–H groups in total. The first-order valence-electron chi connectivity index (χ1n) is 4.72. The molecule has 0 amide bonds. The Morgan fingerprint density at radius 3 is 2.69 bits per heavy atom. The normalized spacial score (nSPS) is 22.8. The van der Waals surface area contributed by atoms with E-state index in [1.165, 1.54) is 6.42 Å². The van der Waals surface area contributed by atoms with E-state index >= 15 is 0 Å². The molecule has 0 aromatic carbocycles. The molecule has 0 bridgehead atoms. The van der Waals surface area contributed by atoms with E-state index in [2.05, 4.69) is 13.5 Å². The van der Waals surface area contributed by atoms with Crippen LogP contribution >= 0.6 is 0 Å². The molecule has 1 atom stereocenters. The van der Waals surface area contributed by atoms with Crippen molar-refractivity contribution in [2.75, 3.05) is 6.61 Å². The Morgan fingerprint density at radius 1 is 1.54 bits per heavy atom. The van der Waals surface area contributed by atoms with Crippen molar-refractivity contribution < 1.29 is 27.4 Å². The Kier molecular flexibility index (Phi) is 9.48. The molecule has 1 unspecified atom stereocenters. The van der Waals surface area contributed by atoms with Gasteiger partial charge in [0.15, 0.2) is 0 Å². The second kappa shape index (κ2) is 9.10. The van der Waals surface area contributed by atoms with E-state index in [0.29, 0.717) is 4.17 Å². The third-order valence-corrected chi connectivity index (χ3v) is 7.60. The molecule has 13 heavy (non-hydrogen) atoms. The van der Waals surface area contributed by atoms with Crippen LogP contribution in [-0.4, -0.2) is 24.4 Å². The molecular formula is C9H19O2PtSi. The molecule has 0 aromatic rings. The molecule has 1 heterocycles. The Bertz CT molecular complexity index is 136. The molecule has 81 valence electrons. The second-order valence-corrected chi connectivity index (χ2v) is 11.5. The topological polar surface area (TPSA) is 26.3 Å². The number of hydrogen-bond donors (Lipinski definition) is 0. The first-order chi connectivity index (χ1) is 6.34. The smallest absolute Gasteiger partial charge is 0.0564 e. The van der Waals surface area contributed by atoms with E-state index in [1.54, 1.807) is 6.92 Å². The van der Waals surface area contributed by atoms with Gasteiger partial charge >= 0.3 is 77.5 Å². The zero-order chi connectivity index (χ0) is 10.1. The summed E-state index contributed by atoms with van der Waals surface area (Å²) in [4.78, 5) is 11.4. The van der Waals surface area contributed by atoms with Crippen LogP contribution in [-0.2, 0) is 27.4 Å². The summed E-state index contributed by atoms with van der Waals surface area (Å²) < 4.78 is 5.86. The summed E-state index contributed by atoms with van der Waals surface area (Å²) in [6.07, 6.45) is 3.34. The van der Waals surface area contributed by atoms with Crippen molar-refractivity contribution in [3.05, 3.63) is 6.92 Å². The van der Waals surface area contributed by atoms with Crippen LogP contribution in [0.1, 0.15) is 26.2 Å². The summed E-state index contributed by atoms with van der Waals surface area (Å²) >= 11 is -0.0942. The van der Waals surface area contributed by atoms with E-state index in [-0.39, 0.29) is 31.4 Å². The minimum Gasteiger partial charge on any atom is -0.0654 e. The molecule has 2 nitrogen and oxygen atoms in total. The minimum atomic E-state index is -0.0942. The van der Waals surface area contributed by atoms with Crippen LogP contribution in [0.3, 0.4) is 0 Å². The third kappa shape index (κ3) is 5.76. The SMILES string of the molecule is C[SiH2][Pt][C](=O)C1CCCCO1.[CH2]C. The van der Waals surface area contributed by atoms with Crippen LogP contribution in [0.25, 0.3) is 0 Å². The maximum atomic E-state index is 11.4. The molecule has 1 radical (unpaired) electrons. The number of carbonyl (C=O) groups is 1. The molecule has 1 saturated heterocycles. The van der Waals surface area contributed by atoms with Gasteiger partial charge in [0, 0.05) is 0 Å². The monoisotopic (exact) mass is 382 g/mol. The van der Waals surface area contributed by atoms with Gasteiger partial charge in [0.1, 0.15) is 0 Å². The van der Waals surface area contributed by atoms with Crippen molar-refractivity contribution in [3.8, 4) is 0 Å². The van der Waals surface area contributed by atoms with Gasteiger partial charge in [-0.3, -0.25) is 0 Å². The standard InChI is InChI=1S/C6H9O2.C2H5.CH5Si.Pt/c7-5-6-3-1-2-4-8-6;2*1-2;/h6H,1-4H2;1H2,2H3;2H2,1H3;. The van der Waals surface area contributed by atoms with Crippen molar-refractivity contribution in [2.45, 2.75) is 38.8 Å². The Hall–Kier alpha value is 0.535. The number of ether oxygens (including phenoxy) is 1. The molecule has 0 spiro atoms. The molecule has 1 fully saturated rings. The van der Waals surface area contributed by atoms with E-state index in [1.807, 2.05) is 0 Å². The first kappa shape index (κ1) is 13.5. The Balaban J connectivity index is 0.000000671. The van der Waals surface area contributed by atoms with Crippen molar-refractivity contribution in [1.82, 2.24) is 0 Å². The Labute approximate surface area is 91.4 Å². The molecule has 0 saturated carbocycles. The van der Waals surface area contributed by atoms with Crippen molar-refractivity contribution in [3.63, 3.8) is 0 Å². The average Bonchev–Trinajstić information content (AvgIpc) is 2.23. The van der Waals surface area contributed by atoms with E-state index in [9.17, 15) is 4.79 Å². The van der Waals surface area contributed by atoms with Crippen molar-refractivity contribution in [1.29, 1.82) is 0 Å². The third-order valence-electron chi connectivity index (χ3n) is 1.63. The predicted octanol–water partition coefficient (Wildman–Crippen LogP) is 1.14. The summed E-state index contributed by atoms with van der Waals surface area (Å²) in [6, 6.07) is 0. The van der Waals surface area contributed by atoms with Gasteiger partial charge in [-0.15, -0.1) is 0 Å². The van der Waals surface area contributed by atoms with Gasteiger partial charge in [-0.05, 0) is 0 Å². The second-order valence-electron chi connectivity index (χ2n) is 2.46. The summed E-state index contributed by atoms with van der Waals surface area (Å²) in [6.45, 7) is 8.03. The number of carbonyl (C=O) groups excluding carboxylic acids is 1. The molecule has 1 aliphatic heterocycles. The molecular weight excluding hydrogens is 363 g/mol. The summed E-state index contributed by atoms with van der Waals surface area (Å²) in [5, 5.41) is 0. The van der Waals surface area contributed by atoms with E-state index in [4.69, 9.17) is 4.74 Å². The van der Waals surface area contributed by atoms with Crippen molar-refractivity contribution >= 4 is 11.7 Å².